The summed E-state index contributed by atoms with van der Waals surface area (Å²) < 4.78 is 5.14. The van der Waals surface area contributed by atoms with Gasteiger partial charge in [0, 0.05) is 6.07 Å². The van der Waals surface area contributed by atoms with E-state index in [4.69, 9.17) is 4.74 Å². The third-order valence-electron chi connectivity index (χ3n) is 3.15. The summed E-state index contributed by atoms with van der Waals surface area (Å²) in [5, 5.41) is 3.33. The van der Waals surface area contributed by atoms with Crippen LogP contribution in [0.3, 0.4) is 0 Å². The molecule has 1 atom stereocenters. The number of hydrogen-bond acceptors (Lipinski definition) is 4. The molecule has 4 nitrogen and oxygen atoms in total. The van der Waals surface area contributed by atoms with Crippen molar-refractivity contribution in [3.05, 3.63) is 29.7 Å². The predicted molar refractivity (Wildman–Crippen MR) is 66.9 cm³/mol. The topological polar surface area (TPSA) is 47.0 Å². The number of nitrogens with one attached hydrogen (secondary N) is 1. The fourth-order valence-electron chi connectivity index (χ4n) is 2.27. The highest BCUT2D eigenvalue weighted by molar-refractivity contribution is 5.26. The Morgan fingerprint density at radius 3 is 2.88 bits per heavy atom. The molecule has 0 spiro atoms. The minimum atomic E-state index is 0.187. The molecule has 17 heavy (non-hydrogen) atoms. The molecule has 92 valence electrons. The molecule has 1 unspecified atom stereocenters. The third kappa shape index (κ3) is 2.82. The lowest BCUT2D eigenvalue weighted by Gasteiger charge is -2.22. The molecular formula is C13H19N3O. The summed E-state index contributed by atoms with van der Waals surface area (Å²) >= 11 is 0. The highest BCUT2D eigenvalue weighted by atomic mass is 16.5. The molecular weight excluding hydrogens is 214 g/mol. The van der Waals surface area contributed by atoms with Gasteiger partial charge in [0.25, 0.3) is 0 Å². The van der Waals surface area contributed by atoms with Gasteiger partial charge in [-0.15, -0.1) is 0 Å². The van der Waals surface area contributed by atoms with Crippen molar-refractivity contribution in [1.82, 2.24) is 15.3 Å². The second-order valence-corrected chi connectivity index (χ2v) is 4.23. The van der Waals surface area contributed by atoms with Crippen molar-refractivity contribution in [2.75, 3.05) is 14.2 Å². The fourth-order valence-corrected chi connectivity index (χ4v) is 2.27. The standard InChI is InChI=1S/C13H19N3O/c1-14-13(10-6-4-3-5-7-10)11-8-12(17-2)16-9-15-11/h6,8-9,13-14H,3-5,7H2,1-2H3. The van der Waals surface area contributed by atoms with E-state index in [0.717, 1.165) is 12.1 Å². The van der Waals surface area contributed by atoms with Crippen LogP contribution >= 0.6 is 0 Å². The van der Waals surface area contributed by atoms with Crippen molar-refractivity contribution in [3.8, 4) is 5.88 Å². The Morgan fingerprint density at radius 1 is 1.35 bits per heavy atom. The van der Waals surface area contributed by atoms with Crippen LogP contribution in [-0.2, 0) is 0 Å². The Bertz CT molecular complexity index is 403. The second-order valence-electron chi connectivity index (χ2n) is 4.23. The van der Waals surface area contributed by atoms with Gasteiger partial charge in [-0.05, 0) is 32.7 Å². The smallest absolute Gasteiger partial charge is 0.216 e. The number of aromatic nitrogens is 2. The minimum absolute atomic E-state index is 0.187. The molecule has 0 fully saturated rings. The molecule has 1 aliphatic carbocycles. The van der Waals surface area contributed by atoms with E-state index >= 15 is 0 Å². The molecule has 0 radical (unpaired) electrons. The highest BCUT2D eigenvalue weighted by Gasteiger charge is 2.18. The maximum absolute atomic E-state index is 5.14. The fraction of sp³-hybridized carbons (Fsp3) is 0.538. The van der Waals surface area contributed by atoms with Gasteiger partial charge in [0.1, 0.15) is 6.33 Å². The number of methoxy groups -OCH3 is 1. The molecule has 4 heteroatoms. The first-order valence-electron chi connectivity index (χ1n) is 6.07. The average Bonchev–Trinajstić information content (AvgIpc) is 2.41. The Kier molecular flexibility index (Phi) is 4.09. The van der Waals surface area contributed by atoms with Gasteiger partial charge in [0.2, 0.25) is 5.88 Å². The van der Waals surface area contributed by atoms with Crippen LogP contribution < -0.4 is 10.1 Å². The molecule has 0 amide bonds. The zero-order valence-electron chi connectivity index (χ0n) is 10.4. The Morgan fingerprint density at radius 2 is 2.24 bits per heavy atom. The average molecular weight is 233 g/mol. The van der Waals surface area contributed by atoms with Gasteiger partial charge in [-0.25, -0.2) is 9.97 Å². The van der Waals surface area contributed by atoms with E-state index in [0.29, 0.717) is 5.88 Å². The lowest BCUT2D eigenvalue weighted by molar-refractivity contribution is 0.395. The second kappa shape index (κ2) is 5.77. The number of rotatable bonds is 4. The van der Waals surface area contributed by atoms with Crippen molar-refractivity contribution in [1.29, 1.82) is 0 Å². The van der Waals surface area contributed by atoms with E-state index in [1.807, 2.05) is 13.1 Å². The van der Waals surface area contributed by atoms with Crippen molar-refractivity contribution in [2.45, 2.75) is 31.7 Å². The number of hydrogen-bond donors (Lipinski definition) is 1. The molecule has 2 rings (SSSR count). The summed E-state index contributed by atoms with van der Waals surface area (Å²) in [4.78, 5) is 8.38. The molecule has 0 aromatic carbocycles. The van der Waals surface area contributed by atoms with Gasteiger partial charge in [-0.2, -0.15) is 0 Å². The maximum atomic E-state index is 5.14. The lowest BCUT2D eigenvalue weighted by atomic mass is 9.92. The van der Waals surface area contributed by atoms with Crippen LogP contribution in [0.25, 0.3) is 0 Å². The molecule has 0 aliphatic heterocycles. The van der Waals surface area contributed by atoms with E-state index in [1.165, 1.54) is 24.8 Å². The van der Waals surface area contributed by atoms with Gasteiger partial charge in [0.05, 0.1) is 18.8 Å². The molecule has 1 aromatic heterocycles. The van der Waals surface area contributed by atoms with Crippen LogP contribution in [0, 0.1) is 0 Å². The van der Waals surface area contributed by atoms with E-state index in [9.17, 15) is 0 Å². The van der Waals surface area contributed by atoms with Crippen LogP contribution in [0.2, 0.25) is 0 Å². The van der Waals surface area contributed by atoms with Gasteiger partial charge < -0.3 is 10.1 Å². The number of allylic oxidation sites excluding steroid dienone is 1. The van der Waals surface area contributed by atoms with Crippen LogP contribution in [0.15, 0.2) is 24.0 Å². The maximum Gasteiger partial charge on any atom is 0.216 e. The first-order valence-corrected chi connectivity index (χ1v) is 6.07. The molecule has 1 aliphatic rings. The summed E-state index contributed by atoms with van der Waals surface area (Å²) in [6, 6.07) is 2.09. The third-order valence-corrected chi connectivity index (χ3v) is 3.15. The van der Waals surface area contributed by atoms with E-state index in [1.54, 1.807) is 13.4 Å². The predicted octanol–water partition coefficient (Wildman–Crippen LogP) is 2.25. The molecule has 1 N–H and O–H groups in total. The first-order chi connectivity index (χ1) is 8.35. The number of likely N-dealkylation sites (N-methyl/N-ethyl adjacent to an activating group) is 1. The van der Waals surface area contributed by atoms with Crippen molar-refractivity contribution in [2.24, 2.45) is 0 Å². The summed E-state index contributed by atoms with van der Waals surface area (Å²) in [5.41, 5.74) is 2.41. The Balaban J connectivity index is 2.24. The zero-order valence-corrected chi connectivity index (χ0v) is 10.4. The first kappa shape index (κ1) is 12.0. The van der Waals surface area contributed by atoms with Gasteiger partial charge >= 0.3 is 0 Å². The SMILES string of the molecule is CNC(C1=CCCCC1)c1cc(OC)ncn1. The largest absolute Gasteiger partial charge is 0.481 e. The van der Waals surface area contributed by atoms with Crippen molar-refractivity contribution in [3.63, 3.8) is 0 Å². The van der Waals surface area contributed by atoms with Gasteiger partial charge in [0.15, 0.2) is 0 Å². The summed E-state index contributed by atoms with van der Waals surface area (Å²) in [5.74, 6) is 0.617. The van der Waals surface area contributed by atoms with Crippen molar-refractivity contribution < 1.29 is 4.74 Å². The van der Waals surface area contributed by atoms with Gasteiger partial charge in [-0.1, -0.05) is 11.6 Å². The van der Waals surface area contributed by atoms with E-state index in [-0.39, 0.29) is 6.04 Å². The van der Waals surface area contributed by atoms with Crippen LogP contribution in [0.1, 0.15) is 37.4 Å². The quantitative estimate of drug-likeness (QED) is 0.810. The monoisotopic (exact) mass is 233 g/mol. The van der Waals surface area contributed by atoms with Crippen LogP contribution in [0.4, 0.5) is 0 Å². The van der Waals surface area contributed by atoms with Crippen molar-refractivity contribution >= 4 is 0 Å². The Labute approximate surface area is 102 Å². The molecule has 0 bridgehead atoms. The molecule has 1 heterocycles. The van der Waals surface area contributed by atoms with Crippen LogP contribution in [0.5, 0.6) is 5.88 Å². The normalized spacial score (nSPS) is 17.4. The zero-order chi connectivity index (χ0) is 12.1. The highest BCUT2D eigenvalue weighted by Crippen LogP contribution is 2.29. The van der Waals surface area contributed by atoms with E-state index in [2.05, 4.69) is 21.4 Å². The number of nitrogens with zero attached hydrogens (tertiary/aromatic N) is 2. The molecule has 0 saturated heterocycles. The lowest BCUT2D eigenvalue weighted by Crippen LogP contribution is -2.21. The summed E-state index contributed by atoms with van der Waals surface area (Å²) in [6.07, 6.45) is 8.79. The molecule has 1 aromatic rings. The summed E-state index contributed by atoms with van der Waals surface area (Å²) in [7, 11) is 3.59. The number of ether oxygens (including phenoxy) is 1. The summed E-state index contributed by atoms with van der Waals surface area (Å²) in [6.45, 7) is 0. The Hall–Kier alpha value is -1.42. The van der Waals surface area contributed by atoms with Crippen LogP contribution in [-0.4, -0.2) is 24.1 Å². The van der Waals surface area contributed by atoms with Gasteiger partial charge in [-0.3, -0.25) is 0 Å². The minimum Gasteiger partial charge on any atom is -0.481 e. The van der Waals surface area contributed by atoms with E-state index < -0.39 is 0 Å². The molecule has 0 saturated carbocycles.